The summed E-state index contributed by atoms with van der Waals surface area (Å²) in [6, 6.07) is 7.57. The Morgan fingerprint density at radius 1 is 1.29 bits per heavy atom. The molecule has 0 radical (unpaired) electrons. The van der Waals surface area contributed by atoms with Gasteiger partial charge in [-0.15, -0.1) is 0 Å². The lowest BCUT2D eigenvalue weighted by Crippen LogP contribution is -2.37. The molecule has 1 aliphatic rings. The largest absolute Gasteiger partial charge is 0.491 e. The number of anilines is 1. The summed E-state index contributed by atoms with van der Waals surface area (Å²) in [6.45, 7) is 6.98. The third-order valence-electron chi connectivity index (χ3n) is 5.87. The minimum atomic E-state index is -0.900. The van der Waals surface area contributed by atoms with Crippen LogP contribution in [-0.2, 0) is 18.3 Å². The van der Waals surface area contributed by atoms with Gasteiger partial charge in [-0.25, -0.2) is 4.79 Å². The Balaban J connectivity index is 1.49. The first kappa shape index (κ1) is 24.0. The van der Waals surface area contributed by atoms with E-state index in [1.54, 1.807) is 11.6 Å². The van der Waals surface area contributed by atoms with Crippen molar-refractivity contribution >= 4 is 17.1 Å². The molecule has 2 aromatic heterocycles. The number of aliphatic hydroxyl groups is 1. The number of aromatic amines is 1. The zero-order chi connectivity index (χ0) is 24.1. The summed E-state index contributed by atoms with van der Waals surface area (Å²) in [4.78, 5) is 33.9. The highest BCUT2D eigenvalue weighted by Crippen LogP contribution is 2.17. The van der Waals surface area contributed by atoms with Crippen LogP contribution in [0.4, 0.5) is 5.95 Å². The van der Waals surface area contributed by atoms with Crippen LogP contribution in [0.3, 0.4) is 0 Å². The molecule has 1 atom stereocenters. The van der Waals surface area contributed by atoms with Crippen molar-refractivity contribution in [3.8, 4) is 5.75 Å². The van der Waals surface area contributed by atoms with E-state index in [-0.39, 0.29) is 24.3 Å². The van der Waals surface area contributed by atoms with Crippen LogP contribution in [0.25, 0.3) is 11.2 Å². The first-order valence-electron chi connectivity index (χ1n) is 11.5. The molecular weight excluding hydrogens is 440 g/mol. The number of rotatable bonds is 10. The first-order chi connectivity index (χ1) is 16.4. The fourth-order valence-corrected chi connectivity index (χ4v) is 4.04. The smallest absolute Gasteiger partial charge is 0.329 e. The number of H-pyrrole nitrogens is 1. The summed E-state index contributed by atoms with van der Waals surface area (Å²) < 4.78 is 14.0. The van der Waals surface area contributed by atoms with Gasteiger partial charge in [-0.05, 0) is 37.6 Å². The van der Waals surface area contributed by atoms with Gasteiger partial charge in [0.05, 0.1) is 19.8 Å². The fourth-order valence-electron chi connectivity index (χ4n) is 4.04. The maximum absolute atomic E-state index is 12.6. The van der Waals surface area contributed by atoms with E-state index in [1.165, 1.54) is 4.57 Å². The van der Waals surface area contributed by atoms with Crippen molar-refractivity contribution in [3.05, 3.63) is 50.7 Å². The van der Waals surface area contributed by atoms with Crippen molar-refractivity contribution < 1.29 is 14.6 Å². The van der Waals surface area contributed by atoms with Gasteiger partial charge in [0.1, 0.15) is 18.5 Å². The quantitative estimate of drug-likeness (QED) is 0.360. The van der Waals surface area contributed by atoms with E-state index in [1.807, 2.05) is 31.2 Å². The number of aliphatic hydroxyl groups excluding tert-OH is 1. The molecule has 0 saturated carbocycles. The van der Waals surface area contributed by atoms with Crippen molar-refractivity contribution in [3.63, 3.8) is 0 Å². The molecule has 1 aromatic carbocycles. The number of aryl methyl sites for hydroxylation is 2. The number of nitrogens with one attached hydrogen (secondary N) is 2. The van der Waals surface area contributed by atoms with Crippen molar-refractivity contribution in [1.29, 1.82) is 0 Å². The van der Waals surface area contributed by atoms with Crippen molar-refractivity contribution in [2.45, 2.75) is 26.0 Å². The first-order valence-corrected chi connectivity index (χ1v) is 11.5. The Hall–Kier alpha value is -3.15. The number of benzene rings is 1. The highest BCUT2D eigenvalue weighted by molar-refractivity contribution is 5.74. The molecule has 1 aliphatic heterocycles. The number of nitrogens with zero attached hydrogens (tertiary/aromatic N) is 4. The minimum absolute atomic E-state index is 0.0449. The summed E-state index contributed by atoms with van der Waals surface area (Å²) in [5, 5.41) is 14.0. The molecule has 0 amide bonds. The zero-order valence-electron chi connectivity index (χ0n) is 19.6. The number of aromatic nitrogens is 4. The molecule has 3 N–H and O–H groups in total. The summed E-state index contributed by atoms with van der Waals surface area (Å²) in [5.41, 5.74) is 0.468. The number of fused-ring (bicyclic) bond motifs is 1. The van der Waals surface area contributed by atoms with E-state index < -0.39 is 17.4 Å². The molecule has 3 aromatic rings. The molecule has 4 rings (SSSR count). The molecule has 0 aliphatic carbocycles. The van der Waals surface area contributed by atoms with E-state index in [4.69, 9.17) is 9.47 Å². The van der Waals surface area contributed by atoms with Crippen molar-refractivity contribution in [2.75, 3.05) is 51.3 Å². The molecule has 3 heterocycles. The van der Waals surface area contributed by atoms with Crippen molar-refractivity contribution in [1.82, 2.24) is 24.0 Å². The fraction of sp³-hybridized carbons (Fsp3) is 0.522. The Kier molecular flexibility index (Phi) is 7.66. The third-order valence-corrected chi connectivity index (χ3v) is 5.87. The number of morpholine rings is 1. The SMILES string of the molecule is Cc1cccc(OCC(O)Cn2c(NCCCN3CCOCC3)nc3c2c(=O)[nH]c(=O)n3C)c1. The zero-order valence-corrected chi connectivity index (χ0v) is 19.6. The molecule has 11 nitrogen and oxygen atoms in total. The maximum atomic E-state index is 12.6. The summed E-state index contributed by atoms with van der Waals surface area (Å²) in [7, 11) is 1.55. The summed E-state index contributed by atoms with van der Waals surface area (Å²) >= 11 is 0. The van der Waals surface area contributed by atoms with Crippen LogP contribution in [-0.4, -0.2) is 81.2 Å². The lowest BCUT2D eigenvalue weighted by Gasteiger charge is -2.26. The second-order valence-corrected chi connectivity index (χ2v) is 8.55. The molecule has 0 bridgehead atoms. The average molecular weight is 473 g/mol. The van der Waals surface area contributed by atoms with E-state index in [2.05, 4.69) is 20.2 Å². The van der Waals surface area contributed by atoms with Gasteiger partial charge in [-0.3, -0.25) is 19.2 Å². The Morgan fingerprint density at radius 2 is 2.09 bits per heavy atom. The van der Waals surface area contributed by atoms with Crippen LogP contribution in [0.1, 0.15) is 12.0 Å². The number of ether oxygens (including phenoxy) is 2. The van der Waals surface area contributed by atoms with Crippen LogP contribution in [0, 0.1) is 6.92 Å². The molecule has 1 saturated heterocycles. The number of imidazole rings is 1. The van der Waals surface area contributed by atoms with Crippen molar-refractivity contribution in [2.24, 2.45) is 7.05 Å². The van der Waals surface area contributed by atoms with E-state index in [9.17, 15) is 14.7 Å². The van der Waals surface area contributed by atoms with Gasteiger partial charge in [0.15, 0.2) is 11.2 Å². The highest BCUT2D eigenvalue weighted by Gasteiger charge is 2.20. The lowest BCUT2D eigenvalue weighted by atomic mass is 10.2. The van der Waals surface area contributed by atoms with Crippen LogP contribution in [0.2, 0.25) is 0 Å². The van der Waals surface area contributed by atoms with Crippen LogP contribution in [0.15, 0.2) is 33.9 Å². The van der Waals surface area contributed by atoms with Gasteiger partial charge in [0.2, 0.25) is 5.95 Å². The number of hydrogen-bond donors (Lipinski definition) is 3. The second-order valence-electron chi connectivity index (χ2n) is 8.55. The average Bonchev–Trinajstić information content (AvgIpc) is 3.18. The molecular formula is C23H32N6O5. The number of hydrogen-bond acceptors (Lipinski definition) is 8. The Bertz CT molecular complexity index is 1230. The molecule has 1 fully saturated rings. The van der Waals surface area contributed by atoms with Gasteiger partial charge in [-0.2, -0.15) is 4.98 Å². The predicted molar refractivity (Wildman–Crippen MR) is 129 cm³/mol. The standard InChI is InChI=1S/C23H32N6O5/c1-16-5-3-6-18(13-16)34-15-17(30)14-29-19-20(27(2)23(32)26-21(19)31)25-22(29)24-7-4-8-28-9-11-33-12-10-28/h3,5-6,13,17,30H,4,7-12,14-15H2,1-2H3,(H,24,25)(H,26,31,32). The summed E-state index contributed by atoms with van der Waals surface area (Å²) in [6.07, 6.45) is -0.0271. The molecule has 1 unspecified atom stereocenters. The third kappa shape index (κ3) is 5.66. The highest BCUT2D eigenvalue weighted by atomic mass is 16.5. The topological polar surface area (TPSA) is 127 Å². The Labute approximate surface area is 196 Å². The van der Waals surface area contributed by atoms with Gasteiger partial charge in [0, 0.05) is 26.7 Å². The molecule has 0 spiro atoms. The Morgan fingerprint density at radius 3 is 2.85 bits per heavy atom. The maximum Gasteiger partial charge on any atom is 0.329 e. The van der Waals surface area contributed by atoms with E-state index in [0.29, 0.717) is 18.2 Å². The molecule has 184 valence electrons. The van der Waals surface area contributed by atoms with Crippen LogP contribution < -0.4 is 21.3 Å². The van der Waals surface area contributed by atoms with Gasteiger partial charge in [0.25, 0.3) is 5.56 Å². The van der Waals surface area contributed by atoms with Gasteiger partial charge in [-0.1, -0.05) is 12.1 Å². The molecule has 34 heavy (non-hydrogen) atoms. The van der Waals surface area contributed by atoms with Gasteiger partial charge >= 0.3 is 5.69 Å². The predicted octanol–water partition coefficient (Wildman–Crippen LogP) is 0.306. The normalized spacial score (nSPS) is 15.5. The molecule has 11 heteroatoms. The second kappa shape index (κ2) is 10.9. The van der Waals surface area contributed by atoms with Crippen LogP contribution >= 0.6 is 0 Å². The summed E-state index contributed by atoms with van der Waals surface area (Å²) in [5.74, 6) is 1.09. The van der Waals surface area contributed by atoms with E-state index >= 15 is 0 Å². The lowest BCUT2D eigenvalue weighted by molar-refractivity contribution is 0.0378. The monoisotopic (exact) mass is 472 g/mol. The van der Waals surface area contributed by atoms with Crippen LogP contribution in [0.5, 0.6) is 5.75 Å². The van der Waals surface area contributed by atoms with E-state index in [0.717, 1.165) is 44.8 Å². The van der Waals surface area contributed by atoms with Gasteiger partial charge < -0.3 is 24.5 Å². The minimum Gasteiger partial charge on any atom is -0.491 e.